The molecule has 88 valence electrons. The summed E-state index contributed by atoms with van der Waals surface area (Å²) in [7, 11) is 0. The van der Waals surface area contributed by atoms with Gasteiger partial charge in [0.2, 0.25) is 0 Å². The highest BCUT2D eigenvalue weighted by atomic mass is 16.1. The first-order valence-electron chi connectivity index (χ1n) is 5.44. The van der Waals surface area contributed by atoms with E-state index in [2.05, 4.69) is 10.2 Å². The second-order valence-corrected chi connectivity index (χ2v) is 3.86. The molecule has 0 amide bonds. The first kappa shape index (κ1) is 11.3. The molecule has 0 saturated carbocycles. The fraction of sp³-hybridized carbons (Fsp3) is 0.250. The summed E-state index contributed by atoms with van der Waals surface area (Å²) in [6.07, 6.45) is 0.576. The third-order valence-corrected chi connectivity index (χ3v) is 2.57. The van der Waals surface area contributed by atoms with E-state index < -0.39 is 0 Å². The van der Waals surface area contributed by atoms with E-state index in [-0.39, 0.29) is 11.3 Å². The number of benzene rings is 1. The maximum Gasteiger partial charge on any atom is 0.298 e. The summed E-state index contributed by atoms with van der Waals surface area (Å²) in [6, 6.07) is 7.54. The highest BCUT2D eigenvalue weighted by Crippen LogP contribution is 2.13. The highest BCUT2D eigenvalue weighted by Gasteiger charge is 2.10. The third-order valence-electron chi connectivity index (χ3n) is 2.57. The van der Waals surface area contributed by atoms with E-state index in [1.54, 1.807) is 0 Å². The number of hydrogen-bond acceptors (Lipinski definition) is 4. The van der Waals surface area contributed by atoms with E-state index in [1.807, 2.05) is 38.1 Å². The van der Waals surface area contributed by atoms with Gasteiger partial charge in [-0.1, -0.05) is 30.7 Å². The number of aromatic nitrogens is 3. The number of nitrogens with two attached hydrogens (primary N) is 1. The Morgan fingerprint density at radius 3 is 2.76 bits per heavy atom. The van der Waals surface area contributed by atoms with Gasteiger partial charge in [-0.25, -0.2) is 4.68 Å². The Morgan fingerprint density at radius 2 is 2.12 bits per heavy atom. The summed E-state index contributed by atoms with van der Waals surface area (Å²) in [5.41, 5.74) is 1.77. The van der Waals surface area contributed by atoms with Crippen LogP contribution in [0.5, 0.6) is 0 Å². The summed E-state index contributed by atoms with van der Waals surface area (Å²) < 4.78 is 1.06. The quantitative estimate of drug-likeness (QED) is 0.777. The van der Waals surface area contributed by atoms with Crippen LogP contribution in [0, 0.1) is 6.92 Å². The van der Waals surface area contributed by atoms with E-state index in [1.165, 1.54) is 0 Å². The Labute approximate surface area is 98.9 Å². The van der Waals surface area contributed by atoms with Crippen molar-refractivity contribution in [3.63, 3.8) is 0 Å². The smallest absolute Gasteiger partial charge is 0.298 e. The summed E-state index contributed by atoms with van der Waals surface area (Å²) >= 11 is 0. The van der Waals surface area contributed by atoms with E-state index in [9.17, 15) is 4.79 Å². The molecule has 1 aromatic carbocycles. The van der Waals surface area contributed by atoms with Gasteiger partial charge in [0.1, 0.15) is 0 Å². The molecule has 17 heavy (non-hydrogen) atoms. The summed E-state index contributed by atoms with van der Waals surface area (Å²) in [5.74, 6) is 6.15. The van der Waals surface area contributed by atoms with Gasteiger partial charge in [-0.15, -0.1) is 10.2 Å². The molecule has 2 N–H and O–H groups in total. The van der Waals surface area contributed by atoms with Crippen LogP contribution in [0.3, 0.4) is 0 Å². The van der Waals surface area contributed by atoms with Gasteiger partial charge in [-0.2, -0.15) is 0 Å². The topological polar surface area (TPSA) is 73.8 Å². The number of aryl methyl sites for hydroxylation is 2. The minimum atomic E-state index is -0.317. The van der Waals surface area contributed by atoms with Crippen molar-refractivity contribution in [1.82, 2.24) is 14.9 Å². The molecule has 5 nitrogen and oxygen atoms in total. The van der Waals surface area contributed by atoms with Gasteiger partial charge in [0.15, 0.2) is 11.5 Å². The van der Waals surface area contributed by atoms with Gasteiger partial charge in [-0.05, 0) is 13.0 Å². The second-order valence-electron chi connectivity index (χ2n) is 3.86. The molecule has 2 rings (SSSR count). The maximum absolute atomic E-state index is 12.0. The van der Waals surface area contributed by atoms with Crippen molar-refractivity contribution in [3.8, 4) is 11.3 Å². The predicted octanol–water partition coefficient (Wildman–Crippen LogP) is 0.890. The molecule has 0 aliphatic heterocycles. The van der Waals surface area contributed by atoms with E-state index >= 15 is 0 Å². The van der Waals surface area contributed by atoms with Crippen LogP contribution >= 0.6 is 0 Å². The van der Waals surface area contributed by atoms with Crippen LogP contribution in [0.25, 0.3) is 11.3 Å². The van der Waals surface area contributed by atoms with Gasteiger partial charge < -0.3 is 5.84 Å². The van der Waals surface area contributed by atoms with E-state index in [4.69, 9.17) is 5.84 Å². The fourth-order valence-corrected chi connectivity index (χ4v) is 1.64. The molecule has 0 atom stereocenters. The first-order valence-corrected chi connectivity index (χ1v) is 5.44. The predicted molar refractivity (Wildman–Crippen MR) is 66.0 cm³/mol. The number of nitrogen functional groups attached to an aromatic ring is 1. The molecule has 5 heteroatoms. The summed E-state index contributed by atoms with van der Waals surface area (Å²) in [6.45, 7) is 3.83. The molecule has 2 aromatic rings. The lowest BCUT2D eigenvalue weighted by Crippen LogP contribution is -2.33. The largest absolute Gasteiger partial charge is 0.335 e. The van der Waals surface area contributed by atoms with Crippen molar-refractivity contribution in [1.29, 1.82) is 0 Å². The standard InChI is InChI=1S/C12H14N4O/c1-3-10-14-15-11(12(17)16(10)13)9-6-4-5-8(2)7-9/h4-7H,3,13H2,1-2H3. The molecule has 0 saturated heterocycles. The molecule has 0 aliphatic rings. The van der Waals surface area contributed by atoms with E-state index in [0.29, 0.717) is 12.2 Å². The van der Waals surface area contributed by atoms with Crippen LogP contribution in [0.15, 0.2) is 29.1 Å². The Balaban J connectivity index is 2.62. The van der Waals surface area contributed by atoms with Crippen LogP contribution < -0.4 is 11.4 Å². The minimum Gasteiger partial charge on any atom is -0.335 e. The molecule has 0 spiro atoms. The van der Waals surface area contributed by atoms with Crippen molar-refractivity contribution >= 4 is 0 Å². The van der Waals surface area contributed by atoms with Crippen LogP contribution in [-0.4, -0.2) is 14.9 Å². The molecule has 0 fully saturated rings. The van der Waals surface area contributed by atoms with Crippen molar-refractivity contribution in [2.45, 2.75) is 20.3 Å². The van der Waals surface area contributed by atoms with Gasteiger partial charge in [-0.3, -0.25) is 4.79 Å². The van der Waals surface area contributed by atoms with Crippen molar-refractivity contribution in [2.75, 3.05) is 5.84 Å². The zero-order valence-electron chi connectivity index (χ0n) is 9.84. The molecule has 0 aliphatic carbocycles. The molecular formula is C12H14N4O. The summed E-state index contributed by atoms with van der Waals surface area (Å²) in [5, 5.41) is 7.91. The van der Waals surface area contributed by atoms with Crippen molar-refractivity contribution < 1.29 is 0 Å². The zero-order chi connectivity index (χ0) is 12.4. The van der Waals surface area contributed by atoms with Crippen LogP contribution in [0.4, 0.5) is 0 Å². The van der Waals surface area contributed by atoms with Crippen LogP contribution in [-0.2, 0) is 6.42 Å². The number of nitrogens with zero attached hydrogens (tertiary/aromatic N) is 3. The molecule has 1 aromatic heterocycles. The molecule has 0 bridgehead atoms. The number of rotatable bonds is 2. The number of hydrogen-bond donors (Lipinski definition) is 1. The van der Waals surface area contributed by atoms with Gasteiger partial charge in [0.05, 0.1) is 0 Å². The third kappa shape index (κ3) is 2.04. The zero-order valence-corrected chi connectivity index (χ0v) is 9.84. The molecule has 1 heterocycles. The lowest BCUT2D eigenvalue weighted by atomic mass is 10.1. The first-order chi connectivity index (χ1) is 8.13. The molecule has 0 radical (unpaired) electrons. The average Bonchev–Trinajstić information content (AvgIpc) is 2.32. The SMILES string of the molecule is CCc1nnc(-c2cccc(C)c2)c(=O)n1N. The Hall–Kier alpha value is -2.17. The van der Waals surface area contributed by atoms with E-state index in [0.717, 1.165) is 15.8 Å². The highest BCUT2D eigenvalue weighted by molar-refractivity contribution is 5.58. The van der Waals surface area contributed by atoms with Crippen molar-refractivity contribution in [3.05, 3.63) is 46.0 Å². The molecular weight excluding hydrogens is 216 g/mol. The monoisotopic (exact) mass is 230 g/mol. The molecule has 0 unspecified atom stereocenters. The van der Waals surface area contributed by atoms with Gasteiger partial charge >= 0.3 is 0 Å². The lowest BCUT2D eigenvalue weighted by Gasteiger charge is -2.06. The Kier molecular flexibility index (Phi) is 2.91. The Morgan fingerprint density at radius 1 is 1.35 bits per heavy atom. The van der Waals surface area contributed by atoms with Crippen LogP contribution in [0.1, 0.15) is 18.3 Å². The second kappa shape index (κ2) is 4.37. The summed E-state index contributed by atoms with van der Waals surface area (Å²) in [4.78, 5) is 12.0. The van der Waals surface area contributed by atoms with Gasteiger partial charge in [0, 0.05) is 12.0 Å². The maximum atomic E-state index is 12.0. The lowest BCUT2D eigenvalue weighted by molar-refractivity contribution is 0.734. The van der Waals surface area contributed by atoms with Gasteiger partial charge in [0.25, 0.3) is 5.56 Å². The van der Waals surface area contributed by atoms with Crippen molar-refractivity contribution in [2.24, 2.45) is 0 Å². The normalized spacial score (nSPS) is 10.5. The average molecular weight is 230 g/mol. The fourth-order valence-electron chi connectivity index (χ4n) is 1.64. The minimum absolute atomic E-state index is 0.286. The van der Waals surface area contributed by atoms with Crippen LogP contribution in [0.2, 0.25) is 0 Å². The Bertz CT molecular complexity index is 604.